The Morgan fingerprint density at radius 3 is 2.31 bits per heavy atom. The number of anilines is 1. The van der Waals surface area contributed by atoms with Crippen LogP contribution in [0, 0.1) is 6.92 Å². The Balaban J connectivity index is 1.93. The molecule has 0 atom stereocenters. The molecule has 4 rings (SSSR count). The second kappa shape index (κ2) is 7.39. The monoisotopic (exact) mass is 386 g/mol. The van der Waals surface area contributed by atoms with Crippen molar-refractivity contribution in [1.82, 2.24) is 14.1 Å². The van der Waals surface area contributed by atoms with Gasteiger partial charge in [-0.15, -0.1) is 0 Å². The molecule has 0 saturated heterocycles. The lowest BCUT2D eigenvalue weighted by molar-refractivity contribution is 0.707. The smallest absolute Gasteiger partial charge is 0.332 e. The highest BCUT2D eigenvalue weighted by atomic mass is 16.2. The fraction of sp³-hybridized carbons (Fsp3) is 0.174. The normalized spacial score (nSPS) is 11.0. The number of nitrogens with one attached hydrogen (secondary N) is 1. The second-order valence-corrected chi connectivity index (χ2v) is 7.16. The van der Waals surface area contributed by atoms with Gasteiger partial charge in [-0.1, -0.05) is 48.0 Å². The third-order valence-electron chi connectivity index (χ3n) is 5.09. The topological polar surface area (TPSA) is 68.9 Å². The van der Waals surface area contributed by atoms with Crippen molar-refractivity contribution in [2.75, 3.05) is 5.32 Å². The lowest BCUT2D eigenvalue weighted by Crippen LogP contribution is -2.37. The van der Waals surface area contributed by atoms with Crippen LogP contribution in [-0.2, 0) is 20.6 Å². The highest BCUT2D eigenvalue weighted by molar-refractivity contribution is 5.80. The number of hydrogen-bond acceptors (Lipinski definition) is 4. The first kappa shape index (κ1) is 18.7. The minimum Gasteiger partial charge on any atom is -0.381 e. The van der Waals surface area contributed by atoms with Gasteiger partial charge in [-0.2, -0.15) is 0 Å². The van der Waals surface area contributed by atoms with Crippen LogP contribution >= 0.6 is 0 Å². The van der Waals surface area contributed by atoms with Crippen molar-refractivity contribution in [1.29, 1.82) is 0 Å². The molecule has 6 heteroatoms. The van der Waals surface area contributed by atoms with Crippen molar-refractivity contribution in [3.63, 3.8) is 0 Å². The van der Waals surface area contributed by atoms with E-state index in [1.54, 1.807) is 7.05 Å². The maximum atomic E-state index is 12.7. The van der Waals surface area contributed by atoms with Gasteiger partial charge in [0.1, 0.15) is 5.65 Å². The summed E-state index contributed by atoms with van der Waals surface area (Å²) in [5, 5.41) is 3.82. The van der Waals surface area contributed by atoms with Crippen LogP contribution in [0.15, 0.2) is 70.3 Å². The molecule has 0 radical (unpaired) electrons. The van der Waals surface area contributed by atoms with Gasteiger partial charge in [-0.25, -0.2) is 9.78 Å². The van der Waals surface area contributed by atoms with Gasteiger partial charge in [0.15, 0.2) is 0 Å². The Hall–Kier alpha value is -3.67. The van der Waals surface area contributed by atoms with Crippen molar-refractivity contribution in [3.8, 4) is 11.3 Å². The summed E-state index contributed by atoms with van der Waals surface area (Å²) in [5.74, 6) is 0. The van der Waals surface area contributed by atoms with E-state index in [1.807, 2.05) is 67.6 Å². The molecule has 0 aliphatic rings. The van der Waals surface area contributed by atoms with E-state index in [0.717, 1.165) is 32.6 Å². The first-order valence-corrected chi connectivity index (χ1v) is 9.41. The predicted octanol–water partition coefficient (Wildman–Crippen LogP) is 3.22. The van der Waals surface area contributed by atoms with Crippen LogP contribution in [0.5, 0.6) is 0 Å². The average molecular weight is 386 g/mol. The summed E-state index contributed by atoms with van der Waals surface area (Å²) in [4.78, 5) is 29.8. The molecule has 1 N–H and O–H groups in total. The second-order valence-electron chi connectivity index (χ2n) is 7.16. The number of nitrogens with zero attached hydrogens (tertiary/aromatic N) is 3. The summed E-state index contributed by atoms with van der Waals surface area (Å²) in [6.07, 6.45) is 0. The Bertz CT molecular complexity index is 1300. The van der Waals surface area contributed by atoms with E-state index in [9.17, 15) is 9.59 Å². The molecule has 2 heterocycles. The number of fused-ring (bicyclic) bond motifs is 1. The summed E-state index contributed by atoms with van der Waals surface area (Å²) < 4.78 is 2.53. The molecule has 146 valence electrons. The molecule has 0 saturated carbocycles. The lowest BCUT2D eigenvalue weighted by atomic mass is 10.0. The third kappa shape index (κ3) is 3.45. The zero-order chi connectivity index (χ0) is 20.5. The standard InChI is InChI=1S/C23H22N4O2/c1-15-9-11-16(12-10-15)20-17(14-24-18-7-5-4-6-8-18)13-19-21(25-20)26(2)23(29)27(3)22(19)28/h4-13,24H,14H2,1-3H3. The van der Waals surface area contributed by atoms with Gasteiger partial charge in [-0.3, -0.25) is 13.9 Å². The SMILES string of the molecule is Cc1ccc(-c2nc3c(cc2CNc2ccccc2)c(=O)n(C)c(=O)n3C)cc1. The van der Waals surface area contributed by atoms with Gasteiger partial charge in [0.2, 0.25) is 0 Å². The molecule has 4 aromatic rings. The zero-order valence-electron chi connectivity index (χ0n) is 16.6. The molecule has 2 aromatic carbocycles. The number of benzene rings is 2. The van der Waals surface area contributed by atoms with Crippen LogP contribution in [0.2, 0.25) is 0 Å². The Labute approximate surface area is 168 Å². The van der Waals surface area contributed by atoms with E-state index in [2.05, 4.69) is 5.32 Å². The molecule has 0 aliphatic heterocycles. The summed E-state index contributed by atoms with van der Waals surface area (Å²) >= 11 is 0. The zero-order valence-corrected chi connectivity index (χ0v) is 16.6. The van der Waals surface area contributed by atoms with Crippen LogP contribution in [0.3, 0.4) is 0 Å². The van der Waals surface area contributed by atoms with Gasteiger partial charge in [0, 0.05) is 31.9 Å². The molecular weight excluding hydrogens is 364 g/mol. The lowest BCUT2D eigenvalue weighted by Gasteiger charge is -2.15. The first-order valence-electron chi connectivity index (χ1n) is 9.41. The molecule has 0 bridgehead atoms. The molecule has 0 amide bonds. The number of para-hydroxylation sites is 1. The minimum absolute atomic E-state index is 0.341. The highest BCUT2D eigenvalue weighted by Crippen LogP contribution is 2.25. The third-order valence-corrected chi connectivity index (χ3v) is 5.09. The van der Waals surface area contributed by atoms with E-state index in [4.69, 9.17) is 4.98 Å². The van der Waals surface area contributed by atoms with E-state index in [1.165, 1.54) is 11.6 Å². The van der Waals surface area contributed by atoms with Gasteiger partial charge in [-0.05, 0) is 30.7 Å². The molecule has 0 fully saturated rings. The van der Waals surface area contributed by atoms with Crippen LogP contribution in [-0.4, -0.2) is 14.1 Å². The number of pyridine rings is 1. The summed E-state index contributed by atoms with van der Waals surface area (Å²) in [6, 6.07) is 19.8. The van der Waals surface area contributed by atoms with Crippen molar-refractivity contribution >= 4 is 16.7 Å². The van der Waals surface area contributed by atoms with Crippen molar-refractivity contribution < 1.29 is 0 Å². The number of rotatable bonds is 4. The van der Waals surface area contributed by atoms with Crippen LogP contribution in [0.25, 0.3) is 22.3 Å². The van der Waals surface area contributed by atoms with E-state index in [-0.39, 0.29) is 11.2 Å². The van der Waals surface area contributed by atoms with Crippen molar-refractivity contribution in [2.24, 2.45) is 14.1 Å². The molecular formula is C23H22N4O2. The summed E-state index contributed by atoms with van der Waals surface area (Å²) in [7, 11) is 3.12. The Kier molecular flexibility index (Phi) is 4.76. The van der Waals surface area contributed by atoms with Gasteiger partial charge in [0.05, 0.1) is 11.1 Å². The Morgan fingerprint density at radius 1 is 0.931 bits per heavy atom. The fourth-order valence-electron chi connectivity index (χ4n) is 3.39. The van der Waals surface area contributed by atoms with Crippen LogP contribution < -0.4 is 16.6 Å². The molecule has 0 unspecified atom stereocenters. The number of hydrogen-bond donors (Lipinski definition) is 1. The molecule has 0 aliphatic carbocycles. The van der Waals surface area contributed by atoms with Gasteiger partial charge < -0.3 is 5.32 Å². The fourth-order valence-corrected chi connectivity index (χ4v) is 3.39. The minimum atomic E-state index is -0.389. The quantitative estimate of drug-likeness (QED) is 0.585. The molecule has 2 aromatic heterocycles. The van der Waals surface area contributed by atoms with Crippen molar-refractivity contribution in [2.45, 2.75) is 13.5 Å². The Morgan fingerprint density at radius 2 is 1.62 bits per heavy atom. The van der Waals surface area contributed by atoms with E-state index < -0.39 is 0 Å². The number of aryl methyl sites for hydroxylation is 2. The van der Waals surface area contributed by atoms with Gasteiger partial charge in [0.25, 0.3) is 5.56 Å². The van der Waals surface area contributed by atoms with E-state index >= 15 is 0 Å². The molecule has 0 spiro atoms. The van der Waals surface area contributed by atoms with E-state index in [0.29, 0.717) is 17.6 Å². The van der Waals surface area contributed by atoms with Gasteiger partial charge >= 0.3 is 5.69 Å². The molecule has 29 heavy (non-hydrogen) atoms. The first-order chi connectivity index (χ1) is 14.0. The maximum Gasteiger partial charge on any atom is 0.332 e. The summed E-state index contributed by atoms with van der Waals surface area (Å²) in [6.45, 7) is 2.53. The average Bonchev–Trinajstić information content (AvgIpc) is 2.75. The summed E-state index contributed by atoms with van der Waals surface area (Å²) in [5.41, 5.74) is 4.38. The van der Waals surface area contributed by atoms with Crippen molar-refractivity contribution in [3.05, 3.63) is 92.6 Å². The maximum absolute atomic E-state index is 12.7. The highest BCUT2D eigenvalue weighted by Gasteiger charge is 2.15. The largest absolute Gasteiger partial charge is 0.381 e. The number of aromatic nitrogens is 3. The molecule has 6 nitrogen and oxygen atoms in total. The van der Waals surface area contributed by atoms with Crippen LogP contribution in [0.4, 0.5) is 5.69 Å². The predicted molar refractivity (Wildman–Crippen MR) is 116 cm³/mol. The van der Waals surface area contributed by atoms with Crippen LogP contribution in [0.1, 0.15) is 11.1 Å².